The molecule has 0 bridgehead atoms. The van der Waals surface area contributed by atoms with Gasteiger partial charge < -0.3 is 14.4 Å². The van der Waals surface area contributed by atoms with Gasteiger partial charge in [0.2, 0.25) is 0 Å². The number of esters is 1. The minimum absolute atomic E-state index is 0.0492. The fourth-order valence-corrected chi connectivity index (χ4v) is 0.579. The Labute approximate surface area is 62.6 Å². The largest absolute Gasteiger partial charge is 0.490 e. The maximum atomic E-state index is 10.8. The number of carbonyl (C=O) groups is 1. The molecule has 0 radical (unpaired) electrons. The lowest BCUT2D eigenvalue weighted by atomic mass is 10.3. The molecule has 5 nitrogen and oxygen atoms in total. The van der Waals surface area contributed by atoms with Crippen molar-refractivity contribution in [1.29, 1.82) is 0 Å². The molecule has 0 aliphatic carbocycles. The van der Waals surface area contributed by atoms with E-state index in [9.17, 15) is 4.79 Å². The summed E-state index contributed by atoms with van der Waals surface area (Å²) in [5.74, 6) is -1.07. The van der Waals surface area contributed by atoms with Crippen LogP contribution < -0.4 is 0 Å². The van der Waals surface area contributed by atoms with Crippen LogP contribution in [0.5, 0.6) is 5.88 Å². The van der Waals surface area contributed by atoms with Crippen molar-refractivity contribution in [3.05, 3.63) is 11.8 Å². The highest BCUT2D eigenvalue weighted by Crippen LogP contribution is 2.13. The molecule has 0 saturated heterocycles. The molecule has 1 aromatic rings. The van der Waals surface area contributed by atoms with Crippen molar-refractivity contribution in [2.45, 2.75) is 6.92 Å². The smallest absolute Gasteiger partial charge is 0.347 e. The van der Waals surface area contributed by atoms with Crippen LogP contribution in [0, 0.1) is 0 Å². The summed E-state index contributed by atoms with van der Waals surface area (Å²) >= 11 is 0. The Morgan fingerprint density at radius 3 is 3.09 bits per heavy atom. The number of hydrogen-bond acceptors (Lipinski definition) is 5. The Bertz CT molecular complexity index is 255. The number of aromatic hydroxyl groups is 1. The first-order valence-corrected chi connectivity index (χ1v) is 3.06. The second-order valence-electron chi connectivity index (χ2n) is 1.77. The van der Waals surface area contributed by atoms with Crippen molar-refractivity contribution in [2.24, 2.45) is 0 Å². The van der Waals surface area contributed by atoms with Crippen molar-refractivity contribution in [3.8, 4) is 5.88 Å². The van der Waals surface area contributed by atoms with Gasteiger partial charge in [-0.05, 0) is 12.1 Å². The van der Waals surface area contributed by atoms with E-state index < -0.39 is 11.8 Å². The first-order chi connectivity index (χ1) is 5.25. The quantitative estimate of drug-likeness (QED) is 0.635. The van der Waals surface area contributed by atoms with Gasteiger partial charge in [0.1, 0.15) is 6.26 Å². The van der Waals surface area contributed by atoms with E-state index in [2.05, 4.69) is 14.4 Å². The maximum Gasteiger partial charge on any atom is 0.347 e. The van der Waals surface area contributed by atoms with Crippen LogP contribution in [0.3, 0.4) is 0 Å². The zero-order chi connectivity index (χ0) is 8.27. The normalized spacial score (nSPS) is 9.55. The van der Waals surface area contributed by atoms with Gasteiger partial charge in [0, 0.05) is 0 Å². The van der Waals surface area contributed by atoms with Crippen molar-refractivity contribution < 1.29 is 19.2 Å². The number of ether oxygens (including phenoxy) is 1. The van der Waals surface area contributed by atoms with E-state index in [4.69, 9.17) is 5.11 Å². The van der Waals surface area contributed by atoms with Crippen molar-refractivity contribution >= 4 is 5.97 Å². The highest BCUT2D eigenvalue weighted by Gasteiger charge is 2.15. The molecule has 5 heteroatoms. The first-order valence-electron chi connectivity index (χ1n) is 3.06. The summed E-state index contributed by atoms with van der Waals surface area (Å²) in [6, 6.07) is 0. The Hall–Kier alpha value is -1.52. The number of rotatable bonds is 2. The van der Waals surface area contributed by atoms with Crippen molar-refractivity contribution in [1.82, 2.24) is 5.16 Å². The molecule has 0 fully saturated rings. The lowest BCUT2D eigenvalue weighted by Crippen LogP contribution is -2.03. The van der Waals surface area contributed by atoms with Gasteiger partial charge in [-0.2, -0.15) is 0 Å². The molecule has 0 spiro atoms. The fourth-order valence-electron chi connectivity index (χ4n) is 0.579. The molecule has 0 unspecified atom stereocenters. The highest BCUT2D eigenvalue weighted by molar-refractivity contribution is 5.91. The molecule has 0 saturated carbocycles. The molecular formula is C6H7NO4. The second kappa shape index (κ2) is 3.05. The van der Waals surface area contributed by atoms with E-state index in [1.165, 1.54) is 0 Å². The fraction of sp³-hybridized carbons (Fsp3) is 0.333. The van der Waals surface area contributed by atoms with E-state index in [0.717, 1.165) is 6.26 Å². The Morgan fingerprint density at radius 2 is 2.64 bits per heavy atom. The molecule has 60 valence electrons. The minimum Gasteiger partial charge on any atom is -0.490 e. The van der Waals surface area contributed by atoms with Crippen LogP contribution in [-0.4, -0.2) is 22.8 Å². The summed E-state index contributed by atoms with van der Waals surface area (Å²) in [6.07, 6.45) is 1.04. The molecule has 0 atom stereocenters. The summed E-state index contributed by atoms with van der Waals surface area (Å²) in [7, 11) is 0. The maximum absolute atomic E-state index is 10.8. The van der Waals surface area contributed by atoms with Crippen LogP contribution in [0.2, 0.25) is 0 Å². The van der Waals surface area contributed by atoms with Gasteiger partial charge in [-0.25, -0.2) is 4.79 Å². The molecule has 1 aromatic heterocycles. The summed E-state index contributed by atoms with van der Waals surface area (Å²) in [6.45, 7) is 1.92. The predicted molar refractivity (Wildman–Crippen MR) is 34.1 cm³/mol. The average molecular weight is 157 g/mol. The summed E-state index contributed by atoms with van der Waals surface area (Å²) < 4.78 is 8.88. The molecule has 11 heavy (non-hydrogen) atoms. The van der Waals surface area contributed by atoms with Gasteiger partial charge in [-0.3, -0.25) is 0 Å². The molecule has 1 N–H and O–H groups in total. The highest BCUT2D eigenvalue weighted by atomic mass is 16.5. The summed E-state index contributed by atoms with van der Waals surface area (Å²) in [5.41, 5.74) is -0.0492. The third kappa shape index (κ3) is 1.49. The minimum atomic E-state index is -0.633. The van der Waals surface area contributed by atoms with Gasteiger partial charge in [-0.1, -0.05) is 0 Å². The van der Waals surface area contributed by atoms with Crippen LogP contribution in [-0.2, 0) is 4.74 Å². The second-order valence-corrected chi connectivity index (χ2v) is 1.77. The Morgan fingerprint density at radius 1 is 1.91 bits per heavy atom. The molecular weight excluding hydrogens is 150 g/mol. The SMILES string of the molecule is CCOC(=O)c1conc1O. The van der Waals surface area contributed by atoms with Gasteiger partial charge in [0.25, 0.3) is 5.88 Å². The Balaban J connectivity index is 2.76. The predicted octanol–water partition coefficient (Wildman–Crippen LogP) is 0.557. The van der Waals surface area contributed by atoms with Gasteiger partial charge in [0.15, 0.2) is 5.56 Å². The lowest BCUT2D eigenvalue weighted by Gasteiger charge is -1.95. The Kier molecular flexibility index (Phi) is 2.10. The number of aromatic nitrogens is 1. The van der Waals surface area contributed by atoms with Gasteiger partial charge >= 0.3 is 5.97 Å². The van der Waals surface area contributed by atoms with Crippen LogP contribution in [0.4, 0.5) is 0 Å². The van der Waals surface area contributed by atoms with Crippen molar-refractivity contribution in [2.75, 3.05) is 6.61 Å². The van der Waals surface area contributed by atoms with E-state index in [-0.39, 0.29) is 12.2 Å². The molecule has 1 heterocycles. The van der Waals surface area contributed by atoms with E-state index >= 15 is 0 Å². The monoisotopic (exact) mass is 157 g/mol. The average Bonchev–Trinajstić information content (AvgIpc) is 2.36. The van der Waals surface area contributed by atoms with Crippen molar-refractivity contribution in [3.63, 3.8) is 0 Å². The molecule has 0 aromatic carbocycles. The molecule has 0 aliphatic rings. The number of hydrogen-bond donors (Lipinski definition) is 1. The zero-order valence-electron chi connectivity index (χ0n) is 5.90. The molecule has 0 amide bonds. The molecule has 1 rings (SSSR count). The van der Waals surface area contributed by atoms with Gasteiger partial charge in [-0.15, -0.1) is 0 Å². The van der Waals surface area contributed by atoms with Crippen LogP contribution >= 0.6 is 0 Å². The summed E-state index contributed by atoms with van der Waals surface area (Å²) in [5, 5.41) is 11.9. The van der Waals surface area contributed by atoms with Gasteiger partial charge in [0.05, 0.1) is 6.61 Å². The van der Waals surface area contributed by atoms with Crippen LogP contribution in [0.25, 0.3) is 0 Å². The third-order valence-electron chi connectivity index (χ3n) is 1.05. The van der Waals surface area contributed by atoms with E-state index in [1.54, 1.807) is 6.92 Å². The topological polar surface area (TPSA) is 72.6 Å². The van der Waals surface area contributed by atoms with E-state index in [1.807, 2.05) is 0 Å². The standard InChI is InChI=1S/C6H7NO4/c1-2-10-6(9)4-3-11-7-5(4)8/h3H,2H2,1H3,(H,7,8). The number of nitrogens with zero attached hydrogens (tertiary/aromatic N) is 1. The van der Waals surface area contributed by atoms with Crippen LogP contribution in [0.15, 0.2) is 10.8 Å². The van der Waals surface area contributed by atoms with Crippen LogP contribution in [0.1, 0.15) is 17.3 Å². The van der Waals surface area contributed by atoms with E-state index in [0.29, 0.717) is 0 Å². The lowest BCUT2D eigenvalue weighted by molar-refractivity contribution is 0.0522. The third-order valence-corrected chi connectivity index (χ3v) is 1.05. The molecule has 0 aliphatic heterocycles. The number of carbonyl (C=O) groups excluding carboxylic acids is 1. The first kappa shape index (κ1) is 7.59. The summed E-state index contributed by atoms with van der Waals surface area (Å²) in [4.78, 5) is 10.8. The zero-order valence-corrected chi connectivity index (χ0v) is 5.90.